The molecular formula is C12H18N2. The Kier molecular flexibility index (Phi) is 4.17. The molecule has 0 spiro atoms. The standard InChI is InChI=1S/C12H18N2/c1-4-9-14(3)10-13-12-7-5-11(2)6-8-12/h5-8,10H,4,9H2,1-3H3. The number of hydrogen-bond acceptors (Lipinski definition) is 1. The minimum Gasteiger partial charge on any atom is -0.366 e. The summed E-state index contributed by atoms with van der Waals surface area (Å²) in [5.74, 6) is 0. The van der Waals surface area contributed by atoms with E-state index in [9.17, 15) is 0 Å². The Morgan fingerprint density at radius 2 is 1.93 bits per heavy atom. The summed E-state index contributed by atoms with van der Waals surface area (Å²) in [6.07, 6.45) is 3.03. The van der Waals surface area contributed by atoms with Crippen molar-refractivity contribution in [3.63, 3.8) is 0 Å². The van der Waals surface area contributed by atoms with E-state index in [2.05, 4.69) is 35.9 Å². The van der Waals surface area contributed by atoms with E-state index in [0.29, 0.717) is 0 Å². The van der Waals surface area contributed by atoms with E-state index in [-0.39, 0.29) is 0 Å². The fraction of sp³-hybridized carbons (Fsp3) is 0.417. The molecule has 2 nitrogen and oxygen atoms in total. The molecule has 0 aliphatic carbocycles. The Morgan fingerprint density at radius 3 is 2.50 bits per heavy atom. The van der Waals surface area contributed by atoms with Crippen LogP contribution in [0, 0.1) is 6.92 Å². The fourth-order valence-electron chi connectivity index (χ4n) is 1.21. The van der Waals surface area contributed by atoms with Crippen molar-refractivity contribution in [1.29, 1.82) is 0 Å². The van der Waals surface area contributed by atoms with E-state index >= 15 is 0 Å². The number of aliphatic imine (C=N–C) groups is 1. The zero-order chi connectivity index (χ0) is 10.4. The second kappa shape index (κ2) is 5.43. The third kappa shape index (κ3) is 3.60. The molecule has 0 unspecified atom stereocenters. The zero-order valence-electron chi connectivity index (χ0n) is 9.20. The lowest BCUT2D eigenvalue weighted by Gasteiger charge is -2.10. The molecule has 1 aromatic rings. The normalized spacial score (nSPS) is 10.8. The number of aryl methyl sites for hydroxylation is 1. The highest BCUT2D eigenvalue weighted by atomic mass is 15.1. The summed E-state index contributed by atoms with van der Waals surface area (Å²) >= 11 is 0. The number of benzene rings is 1. The van der Waals surface area contributed by atoms with Crippen LogP contribution in [-0.2, 0) is 0 Å². The lowest BCUT2D eigenvalue weighted by molar-refractivity contribution is 0.515. The van der Waals surface area contributed by atoms with Gasteiger partial charge in [-0.2, -0.15) is 0 Å². The molecule has 0 bridgehead atoms. The molecular weight excluding hydrogens is 172 g/mol. The summed E-state index contributed by atoms with van der Waals surface area (Å²) < 4.78 is 0. The molecule has 76 valence electrons. The van der Waals surface area contributed by atoms with Crippen molar-refractivity contribution in [3.8, 4) is 0 Å². The van der Waals surface area contributed by atoms with E-state index < -0.39 is 0 Å². The van der Waals surface area contributed by atoms with Crippen LogP contribution in [0.1, 0.15) is 18.9 Å². The van der Waals surface area contributed by atoms with Crippen LogP contribution in [0.25, 0.3) is 0 Å². The van der Waals surface area contributed by atoms with Crippen LogP contribution in [0.5, 0.6) is 0 Å². The summed E-state index contributed by atoms with van der Waals surface area (Å²) in [5.41, 5.74) is 2.28. The minimum atomic E-state index is 1.01. The lowest BCUT2D eigenvalue weighted by atomic mass is 10.2. The van der Waals surface area contributed by atoms with Gasteiger partial charge in [0.2, 0.25) is 0 Å². The average molecular weight is 190 g/mol. The minimum absolute atomic E-state index is 1.01. The maximum absolute atomic E-state index is 4.37. The molecule has 0 heterocycles. The van der Waals surface area contributed by atoms with Crippen LogP contribution in [0.2, 0.25) is 0 Å². The third-order valence-corrected chi connectivity index (χ3v) is 2.01. The Hall–Kier alpha value is -1.31. The van der Waals surface area contributed by atoms with Crippen molar-refractivity contribution >= 4 is 12.0 Å². The van der Waals surface area contributed by atoms with Gasteiger partial charge in [0, 0.05) is 13.6 Å². The molecule has 0 aliphatic heterocycles. The molecule has 0 N–H and O–H groups in total. The van der Waals surface area contributed by atoms with E-state index in [4.69, 9.17) is 0 Å². The SMILES string of the molecule is CCCN(C)C=Nc1ccc(C)cc1. The Balaban J connectivity index is 2.55. The monoisotopic (exact) mass is 190 g/mol. The predicted octanol–water partition coefficient (Wildman–Crippen LogP) is 3.00. The van der Waals surface area contributed by atoms with Crippen LogP contribution >= 0.6 is 0 Å². The van der Waals surface area contributed by atoms with Gasteiger partial charge < -0.3 is 4.90 Å². The van der Waals surface area contributed by atoms with Gasteiger partial charge in [0.15, 0.2) is 0 Å². The van der Waals surface area contributed by atoms with Crippen LogP contribution in [0.15, 0.2) is 29.3 Å². The summed E-state index contributed by atoms with van der Waals surface area (Å²) in [6, 6.07) is 8.22. The largest absolute Gasteiger partial charge is 0.366 e. The van der Waals surface area contributed by atoms with Crippen molar-refractivity contribution in [2.75, 3.05) is 13.6 Å². The molecule has 1 aromatic carbocycles. The smallest absolute Gasteiger partial charge is 0.0909 e. The maximum atomic E-state index is 4.37. The van der Waals surface area contributed by atoms with Crippen molar-refractivity contribution in [2.24, 2.45) is 4.99 Å². The van der Waals surface area contributed by atoms with E-state index in [1.165, 1.54) is 5.56 Å². The third-order valence-electron chi connectivity index (χ3n) is 2.01. The van der Waals surface area contributed by atoms with Crippen LogP contribution in [0.3, 0.4) is 0 Å². The Morgan fingerprint density at radius 1 is 1.29 bits per heavy atom. The summed E-state index contributed by atoms with van der Waals surface area (Å²) in [4.78, 5) is 6.46. The van der Waals surface area contributed by atoms with E-state index in [0.717, 1.165) is 18.7 Å². The second-order valence-corrected chi connectivity index (χ2v) is 3.56. The highest BCUT2D eigenvalue weighted by Crippen LogP contribution is 2.11. The van der Waals surface area contributed by atoms with Gasteiger partial charge in [-0.15, -0.1) is 0 Å². The first kappa shape index (κ1) is 10.8. The molecule has 0 amide bonds. The second-order valence-electron chi connectivity index (χ2n) is 3.56. The van der Waals surface area contributed by atoms with Gasteiger partial charge in [-0.3, -0.25) is 0 Å². The van der Waals surface area contributed by atoms with Crippen LogP contribution in [-0.4, -0.2) is 24.8 Å². The Labute approximate surface area is 86.3 Å². The summed E-state index contributed by atoms with van der Waals surface area (Å²) in [7, 11) is 2.04. The van der Waals surface area contributed by atoms with Gasteiger partial charge >= 0.3 is 0 Å². The molecule has 0 aromatic heterocycles. The molecule has 0 radical (unpaired) electrons. The molecule has 0 saturated heterocycles. The summed E-state index contributed by atoms with van der Waals surface area (Å²) in [5, 5.41) is 0. The van der Waals surface area contributed by atoms with Gasteiger partial charge in [0.05, 0.1) is 12.0 Å². The number of hydrogen-bond donors (Lipinski definition) is 0. The molecule has 0 fully saturated rings. The topological polar surface area (TPSA) is 15.6 Å². The first-order chi connectivity index (χ1) is 6.72. The van der Waals surface area contributed by atoms with Gasteiger partial charge in [0.25, 0.3) is 0 Å². The molecule has 2 heteroatoms. The van der Waals surface area contributed by atoms with E-state index in [1.54, 1.807) is 0 Å². The molecule has 0 atom stereocenters. The summed E-state index contributed by atoms with van der Waals surface area (Å²) in [6.45, 7) is 5.29. The van der Waals surface area contributed by atoms with Gasteiger partial charge in [-0.05, 0) is 25.5 Å². The molecule has 0 aliphatic rings. The van der Waals surface area contributed by atoms with Crippen LogP contribution < -0.4 is 0 Å². The first-order valence-electron chi connectivity index (χ1n) is 5.03. The fourth-order valence-corrected chi connectivity index (χ4v) is 1.21. The highest BCUT2D eigenvalue weighted by Gasteiger charge is 1.89. The molecule has 1 rings (SSSR count). The van der Waals surface area contributed by atoms with Crippen molar-refractivity contribution in [1.82, 2.24) is 4.90 Å². The first-order valence-corrected chi connectivity index (χ1v) is 5.03. The van der Waals surface area contributed by atoms with Crippen molar-refractivity contribution in [2.45, 2.75) is 20.3 Å². The predicted molar refractivity (Wildman–Crippen MR) is 62.3 cm³/mol. The highest BCUT2D eigenvalue weighted by molar-refractivity contribution is 5.60. The van der Waals surface area contributed by atoms with E-state index in [1.807, 2.05) is 25.5 Å². The molecule has 0 saturated carbocycles. The van der Waals surface area contributed by atoms with Crippen molar-refractivity contribution < 1.29 is 0 Å². The number of nitrogens with zero attached hydrogens (tertiary/aromatic N) is 2. The van der Waals surface area contributed by atoms with Gasteiger partial charge in [-0.1, -0.05) is 24.6 Å². The Bertz CT molecular complexity index is 288. The van der Waals surface area contributed by atoms with Gasteiger partial charge in [0.1, 0.15) is 0 Å². The van der Waals surface area contributed by atoms with Crippen LogP contribution in [0.4, 0.5) is 5.69 Å². The number of rotatable bonds is 4. The average Bonchev–Trinajstić information content (AvgIpc) is 2.17. The molecule has 14 heavy (non-hydrogen) atoms. The van der Waals surface area contributed by atoms with Crippen molar-refractivity contribution in [3.05, 3.63) is 29.8 Å². The zero-order valence-corrected chi connectivity index (χ0v) is 9.20. The maximum Gasteiger partial charge on any atom is 0.0909 e. The van der Waals surface area contributed by atoms with Gasteiger partial charge in [-0.25, -0.2) is 4.99 Å². The quantitative estimate of drug-likeness (QED) is 0.526. The lowest BCUT2D eigenvalue weighted by Crippen LogP contribution is -2.16.